The molecule has 1 aromatic heterocycles. The molecule has 34 heavy (non-hydrogen) atoms. The molecular formula is C24H26F3N5O2. The number of nitrogens with zero attached hydrogens (tertiary/aromatic N) is 4. The maximum absolute atomic E-state index is 13.9. The largest absolute Gasteiger partial charge is 0.416 e. The Morgan fingerprint density at radius 1 is 1.18 bits per heavy atom. The fourth-order valence-electron chi connectivity index (χ4n) is 4.26. The number of guanidine groups is 1. The van der Waals surface area contributed by atoms with Crippen LogP contribution in [-0.4, -0.2) is 32.8 Å². The predicted molar refractivity (Wildman–Crippen MR) is 120 cm³/mol. The summed E-state index contributed by atoms with van der Waals surface area (Å²) in [5, 5.41) is 15.9. The van der Waals surface area contributed by atoms with E-state index in [9.17, 15) is 13.2 Å². The third kappa shape index (κ3) is 5.00. The van der Waals surface area contributed by atoms with Crippen LogP contribution in [0.15, 0.2) is 52.1 Å². The van der Waals surface area contributed by atoms with Gasteiger partial charge in [-0.3, -0.25) is 0 Å². The maximum Gasteiger partial charge on any atom is 0.416 e. The minimum Gasteiger partial charge on any atom is -0.408 e. The summed E-state index contributed by atoms with van der Waals surface area (Å²) in [7, 11) is 0. The molecule has 1 fully saturated rings. The van der Waals surface area contributed by atoms with E-state index < -0.39 is 17.8 Å². The van der Waals surface area contributed by atoms with Crippen LogP contribution in [0.4, 0.5) is 13.2 Å². The Morgan fingerprint density at radius 3 is 2.59 bits per heavy atom. The van der Waals surface area contributed by atoms with E-state index in [1.165, 1.54) is 11.6 Å². The Morgan fingerprint density at radius 2 is 1.91 bits per heavy atom. The molecule has 10 heteroatoms. The van der Waals surface area contributed by atoms with Crippen LogP contribution in [0.5, 0.6) is 0 Å². The zero-order chi connectivity index (χ0) is 24.3. The molecule has 0 spiro atoms. The van der Waals surface area contributed by atoms with Crippen LogP contribution in [-0.2, 0) is 25.4 Å². The van der Waals surface area contributed by atoms with E-state index in [0.717, 1.165) is 24.5 Å². The summed E-state index contributed by atoms with van der Waals surface area (Å²) in [6, 6.07) is 11.7. The van der Waals surface area contributed by atoms with Crippen LogP contribution < -0.4 is 5.73 Å². The van der Waals surface area contributed by atoms with E-state index in [4.69, 9.17) is 15.5 Å². The van der Waals surface area contributed by atoms with Gasteiger partial charge in [-0.25, -0.2) is 0 Å². The molecule has 4 rings (SSSR count). The van der Waals surface area contributed by atoms with Crippen LogP contribution in [0.2, 0.25) is 0 Å². The van der Waals surface area contributed by atoms with Crippen molar-refractivity contribution in [1.82, 2.24) is 15.0 Å². The number of halogens is 3. The second kappa shape index (κ2) is 9.74. The van der Waals surface area contributed by atoms with Gasteiger partial charge in [0.2, 0.25) is 17.7 Å². The number of likely N-dealkylation sites (tertiary alicyclic amines) is 1. The van der Waals surface area contributed by atoms with Gasteiger partial charge in [-0.2, -0.15) is 18.2 Å². The molecule has 3 N–H and O–H groups in total. The molecule has 1 aliphatic rings. The van der Waals surface area contributed by atoms with E-state index in [1.54, 1.807) is 11.0 Å². The van der Waals surface area contributed by atoms with E-state index >= 15 is 0 Å². The molecule has 0 radical (unpaired) electrons. The van der Waals surface area contributed by atoms with E-state index in [2.05, 4.69) is 22.2 Å². The summed E-state index contributed by atoms with van der Waals surface area (Å²) in [5.74, 6) is 0.205. The number of alkyl halides is 3. The molecule has 2 heterocycles. The Labute approximate surface area is 195 Å². The molecular weight excluding hydrogens is 447 g/mol. The van der Waals surface area contributed by atoms with Gasteiger partial charge in [0.1, 0.15) is 6.04 Å². The number of aromatic nitrogens is 2. The molecule has 0 aliphatic carbocycles. The van der Waals surface area contributed by atoms with Gasteiger partial charge in [-0.15, -0.1) is 0 Å². The number of rotatable bonds is 6. The van der Waals surface area contributed by atoms with Crippen molar-refractivity contribution in [1.29, 1.82) is 0 Å². The average Bonchev–Trinajstić information content (AvgIpc) is 3.51. The Balaban J connectivity index is 1.56. The number of hydrogen-bond acceptors (Lipinski definition) is 5. The minimum absolute atomic E-state index is 0.0635. The molecule has 0 saturated carbocycles. The summed E-state index contributed by atoms with van der Waals surface area (Å²) in [6.07, 6.45) is -1.42. The lowest BCUT2D eigenvalue weighted by atomic mass is 9.96. The first-order valence-electron chi connectivity index (χ1n) is 11.2. The Bertz CT molecular complexity index is 1160. The zero-order valence-corrected chi connectivity index (χ0v) is 18.7. The SMILES string of the molecule is CCc1ccc(CCc2ccc(-c3noc([C@@H]4CCCN4/C(N)=N\O)n3)cc2C(F)(F)F)cc1. The molecule has 7 nitrogen and oxygen atoms in total. The highest BCUT2D eigenvalue weighted by Gasteiger charge is 2.35. The van der Waals surface area contributed by atoms with Crippen molar-refractivity contribution in [2.24, 2.45) is 10.9 Å². The van der Waals surface area contributed by atoms with Crippen LogP contribution in [0.25, 0.3) is 11.4 Å². The second-order valence-corrected chi connectivity index (χ2v) is 8.31. The van der Waals surface area contributed by atoms with Crippen molar-refractivity contribution < 1.29 is 22.9 Å². The molecule has 1 saturated heterocycles. The maximum atomic E-state index is 13.9. The number of hydrogen-bond donors (Lipinski definition) is 2. The average molecular weight is 473 g/mol. The van der Waals surface area contributed by atoms with E-state index in [0.29, 0.717) is 19.4 Å². The van der Waals surface area contributed by atoms with E-state index in [-0.39, 0.29) is 35.2 Å². The van der Waals surface area contributed by atoms with Gasteiger partial charge in [0.25, 0.3) is 0 Å². The first kappa shape index (κ1) is 23.6. The third-order valence-corrected chi connectivity index (χ3v) is 6.16. The zero-order valence-electron chi connectivity index (χ0n) is 18.7. The van der Waals surface area contributed by atoms with Gasteiger partial charge in [-0.05, 0) is 54.9 Å². The fourth-order valence-corrected chi connectivity index (χ4v) is 4.26. The second-order valence-electron chi connectivity index (χ2n) is 8.31. The summed E-state index contributed by atoms with van der Waals surface area (Å²) in [6.45, 7) is 2.60. The van der Waals surface area contributed by atoms with Crippen molar-refractivity contribution in [3.8, 4) is 11.4 Å². The summed E-state index contributed by atoms with van der Waals surface area (Å²) < 4.78 is 47.0. The molecule has 0 unspecified atom stereocenters. The first-order valence-corrected chi connectivity index (χ1v) is 11.2. The molecule has 1 atom stereocenters. The Kier molecular flexibility index (Phi) is 6.76. The standard InChI is InChI=1S/C24H26F3N5O2/c1-2-15-5-7-16(8-6-15)9-10-17-11-12-18(14-19(17)24(25,26)27)21-29-22(34-31-21)20-4-3-13-32(20)23(28)30-33/h5-8,11-12,14,20,33H,2-4,9-10,13H2,1H3,(H2,28,30)/t20-/m0/s1. The highest BCUT2D eigenvalue weighted by atomic mass is 19.4. The molecule has 3 aromatic rings. The smallest absolute Gasteiger partial charge is 0.408 e. The van der Waals surface area contributed by atoms with Gasteiger partial charge in [0, 0.05) is 12.1 Å². The normalized spacial score (nSPS) is 16.9. The van der Waals surface area contributed by atoms with Gasteiger partial charge in [0.15, 0.2) is 0 Å². The third-order valence-electron chi connectivity index (χ3n) is 6.16. The monoisotopic (exact) mass is 473 g/mol. The summed E-state index contributed by atoms with van der Waals surface area (Å²) >= 11 is 0. The van der Waals surface area contributed by atoms with Crippen LogP contribution in [0, 0.1) is 0 Å². The molecule has 0 amide bonds. The lowest BCUT2D eigenvalue weighted by Gasteiger charge is -2.21. The van der Waals surface area contributed by atoms with Crippen molar-refractivity contribution in [3.05, 3.63) is 70.6 Å². The van der Waals surface area contributed by atoms with Gasteiger partial charge < -0.3 is 20.4 Å². The molecule has 1 aliphatic heterocycles. The van der Waals surface area contributed by atoms with Crippen molar-refractivity contribution in [2.75, 3.05) is 6.54 Å². The summed E-state index contributed by atoms with van der Waals surface area (Å²) in [4.78, 5) is 5.93. The number of nitrogens with two attached hydrogens (primary N) is 1. The van der Waals surface area contributed by atoms with Gasteiger partial charge in [-0.1, -0.05) is 53.6 Å². The van der Waals surface area contributed by atoms with Crippen molar-refractivity contribution >= 4 is 5.96 Å². The number of benzene rings is 2. The molecule has 0 bridgehead atoms. The Hall–Kier alpha value is -3.56. The lowest BCUT2D eigenvalue weighted by Crippen LogP contribution is -2.36. The van der Waals surface area contributed by atoms with Crippen molar-refractivity contribution in [2.45, 2.75) is 51.2 Å². The fraction of sp³-hybridized carbons (Fsp3) is 0.375. The molecule has 180 valence electrons. The predicted octanol–water partition coefficient (Wildman–Crippen LogP) is 4.94. The minimum atomic E-state index is -4.52. The van der Waals surface area contributed by atoms with Crippen LogP contribution >= 0.6 is 0 Å². The number of aryl methyl sites for hydroxylation is 3. The van der Waals surface area contributed by atoms with Crippen LogP contribution in [0.3, 0.4) is 0 Å². The van der Waals surface area contributed by atoms with Crippen LogP contribution in [0.1, 0.15) is 54.0 Å². The highest BCUT2D eigenvalue weighted by Crippen LogP contribution is 2.36. The van der Waals surface area contributed by atoms with E-state index in [1.807, 2.05) is 24.3 Å². The topological polar surface area (TPSA) is 101 Å². The molecule has 2 aromatic carbocycles. The number of oxime groups is 1. The quantitative estimate of drug-likeness (QED) is 0.228. The van der Waals surface area contributed by atoms with Gasteiger partial charge in [0.05, 0.1) is 5.56 Å². The highest BCUT2D eigenvalue weighted by molar-refractivity contribution is 5.78. The summed E-state index contributed by atoms with van der Waals surface area (Å²) in [5.41, 5.74) is 7.61. The van der Waals surface area contributed by atoms with Gasteiger partial charge >= 0.3 is 6.18 Å². The lowest BCUT2D eigenvalue weighted by molar-refractivity contribution is -0.138. The first-order chi connectivity index (χ1) is 16.3. The van der Waals surface area contributed by atoms with Crippen molar-refractivity contribution in [3.63, 3.8) is 0 Å².